The highest BCUT2D eigenvalue weighted by Gasteiger charge is 2.41. The lowest BCUT2D eigenvalue weighted by Crippen LogP contribution is -2.44. The fraction of sp³-hybridized carbons (Fsp3) is 0.387. The van der Waals surface area contributed by atoms with Crippen molar-refractivity contribution in [2.75, 3.05) is 51.2 Å². The summed E-state index contributed by atoms with van der Waals surface area (Å²) < 4.78 is 71.0. The second-order valence-electron chi connectivity index (χ2n) is 11.7. The molecule has 0 saturated heterocycles. The van der Waals surface area contributed by atoms with Gasteiger partial charge in [-0.1, -0.05) is 12.1 Å². The van der Waals surface area contributed by atoms with E-state index < -0.39 is 45.8 Å². The van der Waals surface area contributed by atoms with E-state index in [-0.39, 0.29) is 28.7 Å². The summed E-state index contributed by atoms with van der Waals surface area (Å²) in [4.78, 5) is 36.3. The Labute approximate surface area is 275 Å². The molecule has 1 N–H and O–H groups in total. The lowest BCUT2D eigenvalue weighted by Gasteiger charge is -2.36. The third-order valence-electron chi connectivity index (χ3n) is 7.82. The van der Waals surface area contributed by atoms with Gasteiger partial charge in [-0.05, 0) is 54.8 Å². The molecular weight excluding hydrogens is 657 g/mol. The number of anilines is 2. The Balaban J connectivity index is 0.00000201. The number of carboxylic acid groups (broad SMARTS) is 1. The van der Waals surface area contributed by atoms with E-state index >= 15 is 0 Å². The minimum absolute atomic E-state index is 0.00105. The molecule has 4 rings (SSSR count). The van der Waals surface area contributed by atoms with Crippen LogP contribution < -0.4 is 15.7 Å². The first-order valence-electron chi connectivity index (χ1n) is 14.4. The summed E-state index contributed by atoms with van der Waals surface area (Å²) in [5.74, 6) is -0.816. The maximum Gasteiger partial charge on any atom is 0.416 e. The number of allylic oxidation sites excluding steroid dienone is 1. The van der Waals surface area contributed by atoms with Crippen molar-refractivity contribution in [2.45, 2.75) is 32.0 Å². The van der Waals surface area contributed by atoms with Crippen LogP contribution in [-0.4, -0.2) is 86.4 Å². The number of fused-ring (bicyclic) bond motifs is 1. The molecule has 13 nitrogen and oxygen atoms in total. The number of hydrogen-bond acceptors (Lipinski definition) is 10. The number of sulfone groups is 1. The van der Waals surface area contributed by atoms with E-state index in [0.29, 0.717) is 47.1 Å². The number of H-pyrrole nitrogens is 1. The highest BCUT2D eigenvalue weighted by Crippen LogP contribution is 2.43. The zero-order valence-electron chi connectivity index (χ0n) is 26.9. The van der Waals surface area contributed by atoms with Crippen molar-refractivity contribution < 1.29 is 45.5 Å². The molecule has 0 aliphatic carbocycles. The highest BCUT2D eigenvalue weighted by atomic mass is 32.2. The number of carbonyl (C=O) groups is 2. The quantitative estimate of drug-likeness (QED) is 0.188. The number of aromatic amines is 1. The van der Waals surface area contributed by atoms with Gasteiger partial charge in [0.2, 0.25) is 5.95 Å². The maximum atomic E-state index is 13.6. The number of aryl methyl sites for hydroxylation is 1. The Hall–Kier alpha value is -4.95. The summed E-state index contributed by atoms with van der Waals surface area (Å²) >= 11 is 0. The molecule has 0 radical (unpaired) electrons. The molecule has 17 heteroatoms. The van der Waals surface area contributed by atoms with Crippen LogP contribution in [0.3, 0.4) is 0 Å². The minimum atomic E-state index is -4.64. The van der Waals surface area contributed by atoms with E-state index in [1.54, 1.807) is 18.2 Å². The number of methoxy groups -OCH3 is 1. The van der Waals surface area contributed by atoms with Gasteiger partial charge in [0.1, 0.15) is 6.04 Å². The number of carbonyl (C=O) groups excluding carboxylic acids is 2. The van der Waals surface area contributed by atoms with Crippen LogP contribution in [0.4, 0.5) is 24.8 Å². The molecule has 0 spiro atoms. The van der Waals surface area contributed by atoms with E-state index in [0.717, 1.165) is 19.2 Å². The Kier molecular flexibility index (Phi) is 11.6. The van der Waals surface area contributed by atoms with Crippen LogP contribution in [0.15, 0.2) is 58.5 Å². The molecule has 0 bridgehead atoms. The van der Waals surface area contributed by atoms with Gasteiger partial charge in [0.25, 0.3) is 0 Å². The van der Waals surface area contributed by atoms with Crippen molar-refractivity contribution in [3.05, 3.63) is 86.5 Å². The summed E-state index contributed by atoms with van der Waals surface area (Å²) in [7, 11) is 1.85. The molecule has 0 saturated carbocycles. The predicted molar refractivity (Wildman–Crippen MR) is 166 cm³/mol. The number of nitrogens with one attached hydrogen (secondary N) is 1. The van der Waals surface area contributed by atoms with Crippen LogP contribution in [0.5, 0.6) is 0 Å². The smallest absolute Gasteiger partial charge is 0.416 e. The Morgan fingerprint density at radius 3 is 2.46 bits per heavy atom. The number of aromatic nitrogens is 3. The van der Waals surface area contributed by atoms with Crippen LogP contribution in [0, 0.1) is 11.3 Å². The van der Waals surface area contributed by atoms with Crippen molar-refractivity contribution in [1.82, 2.24) is 14.8 Å². The van der Waals surface area contributed by atoms with Gasteiger partial charge >= 0.3 is 17.8 Å². The third-order valence-corrected chi connectivity index (χ3v) is 8.75. The van der Waals surface area contributed by atoms with Crippen LogP contribution in [0.25, 0.3) is 0 Å². The Morgan fingerprint density at radius 2 is 1.88 bits per heavy atom. The van der Waals surface area contributed by atoms with Crippen molar-refractivity contribution in [3.63, 3.8) is 0 Å². The highest BCUT2D eigenvalue weighted by molar-refractivity contribution is 7.90. The first-order chi connectivity index (χ1) is 22.4. The average molecular weight is 693 g/mol. The summed E-state index contributed by atoms with van der Waals surface area (Å²) in [6.45, 7) is 2.03. The van der Waals surface area contributed by atoms with Crippen molar-refractivity contribution in [2.24, 2.45) is 0 Å². The number of quaternary nitrogens is 1. The van der Waals surface area contributed by atoms with Crippen molar-refractivity contribution in [1.29, 1.82) is 5.26 Å². The molecule has 2 aromatic carbocycles. The fourth-order valence-electron chi connectivity index (χ4n) is 5.46. The zero-order valence-corrected chi connectivity index (χ0v) is 27.7. The largest absolute Gasteiger partial charge is 0.554 e. The first-order valence-corrected chi connectivity index (χ1v) is 16.5. The van der Waals surface area contributed by atoms with Gasteiger partial charge in [0, 0.05) is 30.5 Å². The van der Waals surface area contributed by atoms with Crippen LogP contribution in [0.1, 0.15) is 41.6 Å². The standard InChI is InChI=1S/C30H33F3N6O5S.CH2O2/c1-19-25(27(40)44-4)26(38-28(35-36-29(38)41)37(19)23-10-6-9-22(17-23)30(31,32)33)24-12-11-20(18-34)16-21(24)8-7-13-39(2,3)14-15-45(5,42)43;2-1-3/h6,9-12,16-17,26H,7-8,13-15H2,1-5H3;1H,(H,2,3)/t26-;/m1./s1. The molecule has 1 atom stereocenters. The first kappa shape index (κ1) is 37.5. The number of hydrogen-bond donors (Lipinski definition) is 1. The van der Waals surface area contributed by atoms with Crippen LogP contribution in [-0.2, 0) is 36.8 Å². The van der Waals surface area contributed by atoms with Gasteiger partial charge in [-0.15, -0.1) is 5.10 Å². The monoisotopic (exact) mass is 692 g/mol. The number of nitriles is 1. The second-order valence-corrected chi connectivity index (χ2v) is 14.0. The van der Waals surface area contributed by atoms with E-state index in [9.17, 15) is 36.4 Å². The van der Waals surface area contributed by atoms with E-state index in [1.165, 1.54) is 34.8 Å². The lowest BCUT2D eigenvalue weighted by molar-refractivity contribution is -0.888. The van der Waals surface area contributed by atoms with E-state index in [2.05, 4.69) is 16.3 Å². The predicted octanol–water partition coefficient (Wildman–Crippen LogP) is 2.07. The van der Waals surface area contributed by atoms with Crippen molar-refractivity contribution in [3.8, 4) is 6.07 Å². The van der Waals surface area contributed by atoms with E-state index in [1.807, 2.05) is 14.1 Å². The minimum Gasteiger partial charge on any atom is -0.554 e. The maximum absolute atomic E-state index is 13.6. The number of esters is 1. The molecular formula is C31H35F3N6O7S. The fourth-order valence-corrected chi connectivity index (χ4v) is 6.29. The SMILES string of the molecule is COC(=O)C1=C(C)N(c2cccc(C(F)(F)F)c2)c2n[nH]c(=O)n2[C@@H]1c1ccc(C#N)cc1CCC[N+](C)(C)CCS(C)(=O)=O.O=C[O-]. The van der Waals surface area contributed by atoms with Gasteiger partial charge in [0.15, 0.2) is 9.84 Å². The number of alkyl halides is 3. The van der Waals surface area contributed by atoms with Crippen LogP contribution in [0.2, 0.25) is 0 Å². The topological polar surface area (TPSA) is 178 Å². The zero-order chi connectivity index (χ0) is 36.0. The molecule has 48 heavy (non-hydrogen) atoms. The third kappa shape index (κ3) is 8.69. The van der Waals surface area contributed by atoms with Gasteiger partial charge in [0.05, 0.1) is 62.8 Å². The van der Waals surface area contributed by atoms with Crippen LogP contribution >= 0.6 is 0 Å². The van der Waals surface area contributed by atoms with Gasteiger partial charge in [-0.3, -0.25) is 4.90 Å². The van der Waals surface area contributed by atoms with Gasteiger partial charge < -0.3 is 19.1 Å². The lowest BCUT2D eigenvalue weighted by atomic mass is 9.88. The second kappa shape index (κ2) is 14.9. The summed E-state index contributed by atoms with van der Waals surface area (Å²) in [5, 5.41) is 24.4. The summed E-state index contributed by atoms with van der Waals surface area (Å²) in [6, 6.07) is 10.3. The molecule has 0 fully saturated rings. The molecule has 1 aliphatic heterocycles. The van der Waals surface area contributed by atoms with Gasteiger partial charge in [-0.2, -0.15) is 18.4 Å². The molecule has 0 unspecified atom stereocenters. The number of halogens is 3. The Morgan fingerprint density at radius 1 is 1.21 bits per heavy atom. The summed E-state index contributed by atoms with van der Waals surface area (Å²) in [6.07, 6.45) is -2.47. The van der Waals surface area contributed by atoms with Crippen molar-refractivity contribution >= 4 is 33.9 Å². The molecule has 1 aliphatic rings. The number of ether oxygens (including phenoxy) is 1. The molecule has 258 valence electrons. The average Bonchev–Trinajstić information content (AvgIpc) is 3.39. The number of rotatable bonds is 10. The number of benzene rings is 2. The normalized spacial score (nSPS) is 14.8. The molecule has 3 aromatic rings. The van der Waals surface area contributed by atoms with E-state index in [4.69, 9.17) is 14.6 Å². The Bertz CT molecular complexity index is 1910. The number of nitrogens with zero attached hydrogens (tertiary/aromatic N) is 5. The summed E-state index contributed by atoms with van der Waals surface area (Å²) in [5.41, 5.74) is 0.0953. The van der Waals surface area contributed by atoms with Gasteiger partial charge in [-0.25, -0.2) is 27.7 Å². The molecule has 1 aromatic heterocycles. The molecule has 2 heterocycles. The molecule has 0 amide bonds.